The molecule has 4 aromatic carbocycles. The number of nitrogens with one attached hydrogen (secondary N) is 3. The second-order valence-electron chi connectivity index (χ2n) is 15.1. The largest absolute Gasteiger partial charge is 0.493 e. The Balaban J connectivity index is 0.0000000975. The van der Waals surface area contributed by atoms with Gasteiger partial charge in [0.05, 0.1) is 50.7 Å². The van der Waals surface area contributed by atoms with Gasteiger partial charge in [-0.05, 0) is 37.1 Å². The molecule has 11 nitrogen and oxygen atoms in total. The van der Waals surface area contributed by atoms with E-state index in [2.05, 4.69) is 46.3 Å². The van der Waals surface area contributed by atoms with Crippen LogP contribution in [0.2, 0.25) is 0 Å². The second-order valence-corrected chi connectivity index (χ2v) is 15.1. The molecule has 0 aromatic heterocycles. The maximum absolute atomic E-state index is 5.83. The lowest BCUT2D eigenvalue weighted by molar-refractivity contribution is -0.0553. The average molecular weight is 764 g/mol. The molecule has 4 unspecified atom stereocenters. The van der Waals surface area contributed by atoms with E-state index in [1.807, 2.05) is 66.7 Å². The van der Waals surface area contributed by atoms with Gasteiger partial charge in [0.25, 0.3) is 0 Å². The van der Waals surface area contributed by atoms with E-state index in [0.717, 1.165) is 75.7 Å². The minimum Gasteiger partial charge on any atom is -0.493 e. The normalized spacial score (nSPS) is 30.0. The van der Waals surface area contributed by atoms with E-state index in [-0.39, 0.29) is 24.4 Å². The lowest BCUT2D eigenvalue weighted by Crippen LogP contribution is -2.48. The molecular weight excluding hydrogens is 711 g/mol. The topological polar surface area (TPSA) is 110 Å². The highest BCUT2D eigenvalue weighted by atomic mass is 16.5. The highest BCUT2D eigenvalue weighted by Crippen LogP contribution is 2.42. The van der Waals surface area contributed by atoms with Gasteiger partial charge in [0.15, 0.2) is 0 Å². The Morgan fingerprint density at radius 2 is 0.714 bits per heavy atom. The van der Waals surface area contributed by atoms with Crippen LogP contribution in [0, 0.1) is 5.92 Å². The van der Waals surface area contributed by atoms with Crippen molar-refractivity contribution >= 4 is 0 Å². The van der Waals surface area contributed by atoms with E-state index in [1.54, 1.807) is 0 Å². The Kier molecular flexibility index (Phi) is 12.0. The first kappa shape index (κ1) is 37.4. The number of fused-ring (bicyclic) bond motifs is 12. The van der Waals surface area contributed by atoms with Crippen LogP contribution in [-0.4, -0.2) is 90.6 Å². The number of rotatable bonds is 0. The molecule has 8 aliphatic heterocycles. The third kappa shape index (κ3) is 8.26. The lowest BCUT2D eigenvalue weighted by atomic mass is 9.88. The Labute approximate surface area is 329 Å². The summed E-state index contributed by atoms with van der Waals surface area (Å²) in [4.78, 5) is 0. The second kappa shape index (κ2) is 17.9. The number of hydrogen-bond acceptors (Lipinski definition) is 11. The van der Waals surface area contributed by atoms with Crippen LogP contribution in [0.1, 0.15) is 59.5 Å². The molecule has 11 heteroatoms. The van der Waals surface area contributed by atoms with Gasteiger partial charge in [0.1, 0.15) is 61.1 Å². The fourth-order valence-electron chi connectivity index (χ4n) is 8.80. The molecule has 8 heterocycles. The molecule has 0 spiro atoms. The summed E-state index contributed by atoms with van der Waals surface area (Å²) in [6.45, 7) is 8.98. The smallest absolute Gasteiger partial charge is 0.125 e. The summed E-state index contributed by atoms with van der Waals surface area (Å²) in [6, 6.07) is 33.5. The van der Waals surface area contributed by atoms with Gasteiger partial charge in [-0.1, -0.05) is 72.8 Å². The molecule has 0 amide bonds. The minimum absolute atomic E-state index is 0.175. The summed E-state index contributed by atoms with van der Waals surface area (Å²) >= 11 is 0. The molecule has 4 fully saturated rings. The molecule has 4 aromatic rings. The molecule has 4 saturated heterocycles. The number of hydrogen-bond donors (Lipinski definition) is 3. The monoisotopic (exact) mass is 763 g/mol. The van der Waals surface area contributed by atoms with Crippen molar-refractivity contribution in [2.45, 2.75) is 55.4 Å². The van der Waals surface area contributed by atoms with Crippen molar-refractivity contribution in [2.24, 2.45) is 5.92 Å². The molecule has 0 aliphatic carbocycles. The van der Waals surface area contributed by atoms with E-state index < -0.39 is 0 Å². The van der Waals surface area contributed by atoms with Crippen LogP contribution >= 0.6 is 0 Å². The van der Waals surface area contributed by atoms with E-state index in [4.69, 9.17) is 37.9 Å². The van der Waals surface area contributed by atoms with Crippen molar-refractivity contribution in [2.75, 3.05) is 72.5 Å². The molecule has 8 atom stereocenters. The van der Waals surface area contributed by atoms with Gasteiger partial charge in [0.2, 0.25) is 0 Å². The first-order valence-corrected chi connectivity index (χ1v) is 20.3. The summed E-state index contributed by atoms with van der Waals surface area (Å²) < 4.78 is 45.8. The molecule has 3 N–H and O–H groups in total. The Bertz CT molecular complexity index is 1630. The van der Waals surface area contributed by atoms with E-state index in [1.165, 1.54) is 35.1 Å². The van der Waals surface area contributed by atoms with Crippen molar-refractivity contribution in [1.29, 1.82) is 0 Å². The Morgan fingerprint density at radius 3 is 1.12 bits per heavy atom. The van der Waals surface area contributed by atoms with Crippen molar-refractivity contribution in [3.8, 4) is 23.0 Å². The molecular formula is C45H53N3O8. The average Bonchev–Trinajstić information content (AvgIpc) is 3.29. The van der Waals surface area contributed by atoms with Crippen molar-refractivity contribution in [1.82, 2.24) is 16.0 Å². The summed E-state index contributed by atoms with van der Waals surface area (Å²) in [5.41, 5.74) is 4.77. The van der Waals surface area contributed by atoms with E-state index in [9.17, 15) is 0 Å². The number of ether oxygens (including phenoxy) is 8. The van der Waals surface area contributed by atoms with Crippen LogP contribution in [-0.2, 0) is 18.9 Å². The maximum Gasteiger partial charge on any atom is 0.125 e. The maximum atomic E-state index is 5.83. The van der Waals surface area contributed by atoms with Crippen LogP contribution in [0.3, 0.4) is 0 Å². The Morgan fingerprint density at radius 1 is 0.375 bits per heavy atom. The summed E-state index contributed by atoms with van der Waals surface area (Å²) in [7, 11) is 0. The highest BCUT2D eigenvalue weighted by molar-refractivity contribution is 5.40. The molecule has 56 heavy (non-hydrogen) atoms. The first-order chi connectivity index (χ1) is 27.8. The Hall–Kier alpha value is -4.20. The van der Waals surface area contributed by atoms with Gasteiger partial charge < -0.3 is 53.8 Å². The minimum atomic E-state index is 0.175. The predicted octanol–water partition coefficient (Wildman–Crippen LogP) is 5.87. The zero-order chi connectivity index (χ0) is 37.5. The van der Waals surface area contributed by atoms with Gasteiger partial charge in [0, 0.05) is 54.4 Å². The van der Waals surface area contributed by atoms with Gasteiger partial charge in [-0.25, -0.2) is 0 Å². The first-order valence-electron chi connectivity index (χ1n) is 20.3. The van der Waals surface area contributed by atoms with Crippen LogP contribution in [0.25, 0.3) is 0 Å². The number of morpholine rings is 3. The lowest BCUT2D eigenvalue weighted by Gasteiger charge is -2.37. The van der Waals surface area contributed by atoms with E-state index >= 15 is 0 Å². The predicted molar refractivity (Wildman–Crippen MR) is 211 cm³/mol. The molecule has 296 valence electrons. The molecule has 0 saturated carbocycles. The SMILES string of the molecule is c1ccc2c(c1)OC[C@@H]1NCCOC21.c1ccc2c(c1)OC[C@@H]1NCCOC21.c1ccc2c(c1)OC[C@H]1CCCOC21.c1ccc2c(c1)OC[C@H]1NCCOC21. The van der Waals surface area contributed by atoms with Crippen LogP contribution < -0.4 is 34.9 Å². The third-order valence-electron chi connectivity index (χ3n) is 11.6. The van der Waals surface area contributed by atoms with Gasteiger partial charge in [-0.3, -0.25) is 0 Å². The van der Waals surface area contributed by atoms with Crippen LogP contribution in [0.4, 0.5) is 0 Å². The van der Waals surface area contributed by atoms with E-state index in [0.29, 0.717) is 43.9 Å². The molecule has 0 radical (unpaired) electrons. The van der Waals surface area contributed by atoms with Crippen molar-refractivity contribution < 1.29 is 37.9 Å². The van der Waals surface area contributed by atoms with Gasteiger partial charge in [-0.15, -0.1) is 0 Å². The number of benzene rings is 4. The zero-order valence-corrected chi connectivity index (χ0v) is 31.8. The fraction of sp³-hybridized carbons (Fsp3) is 0.467. The molecule has 0 bridgehead atoms. The van der Waals surface area contributed by atoms with Crippen LogP contribution in [0.15, 0.2) is 97.1 Å². The van der Waals surface area contributed by atoms with Crippen molar-refractivity contribution in [3.63, 3.8) is 0 Å². The number of para-hydroxylation sites is 4. The standard InChI is InChI=1S/C12H14O2.3C11H13NO2/c1-2-6-11-10(5-1)12-9(8-14-11)4-3-7-13-12;3*1-2-4-10-8(3-1)11-9(7-14-10)12-5-6-13-11/h1-2,5-6,9,12H,3-4,7-8H2;3*1-4,9,11-12H,5-7H2/t9-,12?;3*9-,11?/m1100/s1. The summed E-state index contributed by atoms with van der Waals surface area (Å²) in [5, 5.41) is 10.2. The quantitative estimate of drug-likeness (QED) is 0.200. The van der Waals surface area contributed by atoms with Crippen molar-refractivity contribution in [3.05, 3.63) is 119 Å². The van der Waals surface area contributed by atoms with Gasteiger partial charge >= 0.3 is 0 Å². The fourth-order valence-corrected chi connectivity index (χ4v) is 8.80. The third-order valence-corrected chi connectivity index (χ3v) is 11.6. The molecule has 12 rings (SSSR count). The zero-order valence-electron chi connectivity index (χ0n) is 31.8. The van der Waals surface area contributed by atoms with Gasteiger partial charge in [-0.2, -0.15) is 0 Å². The molecule has 8 aliphatic rings. The highest BCUT2D eigenvalue weighted by Gasteiger charge is 2.36. The summed E-state index contributed by atoms with van der Waals surface area (Å²) in [5.74, 6) is 4.49. The van der Waals surface area contributed by atoms with Crippen LogP contribution in [0.5, 0.6) is 23.0 Å². The summed E-state index contributed by atoms with van der Waals surface area (Å²) in [6.07, 6.45) is 3.22.